The molecule has 2 aromatic rings. The highest BCUT2D eigenvalue weighted by molar-refractivity contribution is 5.90. The van der Waals surface area contributed by atoms with Crippen molar-refractivity contribution in [2.45, 2.75) is 32.2 Å². The average Bonchev–Trinajstić information content (AvgIpc) is 3.13. The number of benzene rings is 2. The first-order valence-corrected chi connectivity index (χ1v) is 11.1. The number of fused-ring (bicyclic) bond motifs is 3. The quantitative estimate of drug-likeness (QED) is 0.424. The van der Waals surface area contributed by atoms with Crippen LogP contribution in [0.4, 0.5) is 4.79 Å². The van der Waals surface area contributed by atoms with Crippen molar-refractivity contribution in [3.63, 3.8) is 0 Å². The number of carboxylic acids is 1. The van der Waals surface area contributed by atoms with Crippen LogP contribution in [0, 0.1) is 5.92 Å². The van der Waals surface area contributed by atoms with Gasteiger partial charge < -0.3 is 25.8 Å². The highest BCUT2D eigenvalue weighted by Crippen LogP contribution is 2.44. The van der Waals surface area contributed by atoms with E-state index >= 15 is 0 Å². The molecule has 0 unspecified atom stereocenters. The third-order valence-electron chi connectivity index (χ3n) is 5.52. The standard InChI is InChI=1S/C25H29N3O6/c1-15(2)11-21(24(32)27-12-22(29)26-13-23(30)31)28-25(33)34-14-20-18-9-5-3-7-16(18)17-8-4-6-10-19(17)20/h3-10,15,20-21H,11-14H2,1-2H3,(H,26,29)(H,27,32)(H,28,33)(H,30,31)/t21-/m1/s1. The molecule has 0 radical (unpaired) electrons. The number of carboxylic acid groups (broad SMARTS) is 1. The first-order chi connectivity index (χ1) is 16.3. The third kappa shape index (κ3) is 6.34. The van der Waals surface area contributed by atoms with Crippen LogP contribution in [-0.2, 0) is 19.1 Å². The van der Waals surface area contributed by atoms with Gasteiger partial charge in [-0.25, -0.2) is 4.79 Å². The molecule has 0 bridgehead atoms. The number of alkyl carbamates (subject to hydrolysis) is 1. The second kappa shape index (κ2) is 11.3. The summed E-state index contributed by atoms with van der Waals surface area (Å²) in [5.41, 5.74) is 4.40. The van der Waals surface area contributed by atoms with Crippen LogP contribution < -0.4 is 16.0 Å². The zero-order valence-electron chi connectivity index (χ0n) is 19.2. The van der Waals surface area contributed by atoms with Crippen molar-refractivity contribution < 1.29 is 29.0 Å². The lowest BCUT2D eigenvalue weighted by Crippen LogP contribution is -2.50. The Morgan fingerprint density at radius 1 is 0.912 bits per heavy atom. The van der Waals surface area contributed by atoms with Crippen LogP contribution in [-0.4, -0.2) is 54.7 Å². The summed E-state index contributed by atoms with van der Waals surface area (Å²) < 4.78 is 5.52. The van der Waals surface area contributed by atoms with Gasteiger partial charge in [-0.15, -0.1) is 0 Å². The molecular weight excluding hydrogens is 438 g/mol. The number of nitrogens with one attached hydrogen (secondary N) is 3. The number of carbonyl (C=O) groups is 4. The zero-order valence-corrected chi connectivity index (χ0v) is 19.2. The van der Waals surface area contributed by atoms with Gasteiger partial charge in [0.15, 0.2) is 0 Å². The Morgan fingerprint density at radius 3 is 2.06 bits per heavy atom. The number of rotatable bonds is 10. The molecule has 0 heterocycles. The zero-order chi connectivity index (χ0) is 24.7. The van der Waals surface area contributed by atoms with Crippen LogP contribution in [0.5, 0.6) is 0 Å². The monoisotopic (exact) mass is 467 g/mol. The van der Waals surface area contributed by atoms with Crippen molar-refractivity contribution in [1.82, 2.24) is 16.0 Å². The van der Waals surface area contributed by atoms with E-state index in [1.54, 1.807) is 0 Å². The van der Waals surface area contributed by atoms with Gasteiger partial charge in [-0.2, -0.15) is 0 Å². The number of aliphatic carboxylic acids is 1. The van der Waals surface area contributed by atoms with Gasteiger partial charge in [-0.3, -0.25) is 14.4 Å². The molecule has 2 aromatic carbocycles. The Morgan fingerprint density at radius 2 is 1.50 bits per heavy atom. The molecule has 1 aliphatic rings. The summed E-state index contributed by atoms with van der Waals surface area (Å²) in [5.74, 6) is -2.39. The maximum atomic E-state index is 12.6. The molecule has 0 spiro atoms. The van der Waals surface area contributed by atoms with Crippen LogP contribution in [0.15, 0.2) is 48.5 Å². The maximum Gasteiger partial charge on any atom is 0.407 e. The highest BCUT2D eigenvalue weighted by Gasteiger charge is 2.30. The molecule has 1 aliphatic carbocycles. The largest absolute Gasteiger partial charge is 0.480 e. The number of amides is 3. The Balaban J connectivity index is 1.58. The molecule has 9 nitrogen and oxygen atoms in total. The van der Waals surface area contributed by atoms with E-state index < -0.39 is 43.0 Å². The first-order valence-electron chi connectivity index (χ1n) is 11.1. The Labute approximate surface area is 197 Å². The van der Waals surface area contributed by atoms with Gasteiger partial charge in [0, 0.05) is 5.92 Å². The van der Waals surface area contributed by atoms with Gasteiger partial charge >= 0.3 is 12.1 Å². The minimum absolute atomic E-state index is 0.0884. The summed E-state index contributed by atoms with van der Waals surface area (Å²) in [7, 11) is 0. The first kappa shape index (κ1) is 24.8. The van der Waals surface area contributed by atoms with Crippen molar-refractivity contribution >= 4 is 23.9 Å². The topological polar surface area (TPSA) is 134 Å². The SMILES string of the molecule is CC(C)C[C@@H](NC(=O)OCC1c2ccccc2-c2ccccc21)C(=O)NCC(=O)NCC(=O)O. The third-order valence-corrected chi connectivity index (χ3v) is 5.52. The van der Waals surface area contributed by atoms with E-state index in [0.29, 0.717) is 6.42 Å². The van der Waals surface area contributed by atoms with Gasteiger partial charge in [0.2, 0.25) is 11.8 Å². The van der Waals surface area contributed by atoms with E-state index in [9.17, 15) is 19.2 Å². The Kier molecular flexibility index (Phi) is 8.24. The smallest absolute Gasteiger partial charge is 0.407 e. The van der Waals surface area contributed by atoms with Crippen molar-refractivity contribution in [2.75, 3.05) is 19.7 Å². The Hall–Kier alpha value is -3.88. The molecule has 4 N–H and O–H groups in total. The van der Waals surface area contributed by atoms with Gasteiger partial charge in [0.25, 0.3) is 0 Å². The molecule has 0 aromatic heterocycles. The van der Waals surface area contributed by atoms with E-state index in [-0.39, 0.29) is 18.4 Å². The fraction of sp³-hybridized carbons (Fsp3) is 0.360. The molecule has 0 saturated heterocycles. The second-order valence-corrected chi connectivity index (χ2v) is 8.54. The van der Waals surface area contributed by atoms with Crippen molar-refractivity contribution in [2.24, 2.45) is 5.92 Å². The molecule has 3 amide bonds. The van der Waals surface area contributed by atoms with E-state index in [4.69, 9.17) is 9.84 Å². The van der Waals surface area contributed by atoms with Crippen molar-refractivity contribution in [3.05, 3.63) is 59.7 Å². The second-order valence-electron chi connectivity index (χ2n) is 8.54. The van der Waals surface area contributed by atoms with Crippen LogP contribution in [0.25, 0.3) is 11.1 Å². The summed E-state index contributed by atoms with van der Waals surface area (Å²) in [6.07, 6.45) is -0.384. The fourth-order valence-corrected chi connectivity index (χ4v) is 4.01. The van der Waals surface area contributed by atoms with Gasteiger partial charge in [-0.05, 0) is 34.6 Å². The molecular formula is C25H29N3O6. The number of ether oxygens (including phenoxy) is 1. The van der Waals surface area contributed by atoms with Crippen LogP contribution >= 0.6 is 0 Å². The van der Waals surface area contributed by atoms with Crippen LogP contribution in [0.3, 0.4) is 0 Å². The molecule has 3 rings (SSSR count). The van der Waals surface area contributed by atoms with E-state index in [2.05, 4.69) is 16.0 Å². The summed E-state index contributed by atoms with van der Waals surface area (Å²) in [5, 5.41) is 15.8. The summed E-state index contributed by atoms with van der Waals surface area (Å²) in [4.78, 5) is 47.3. The predicted octanol–water partition coefficient (Wildman–Crippen LogP) is 2.26. The molecule has 0 saturated carbocycles. The lowest BCUT2D eigenvalue weighted by Gasteiger charge is -2.21. The molecule has 0 aliphatic heterocycles. The molecule has 0 fully saturated rings. The highest BCUT2D eigenvalue weighted by atomic mass is 16.5. The lowest BCUT2D eigenvalue weighted by atomic mass is 9.98. The minimum Gasteiger partial charge on any atom is -0.480 e. The van der Waals surface area contributed by atoms with Crippen molar-refractivity contribution in [3.8, 4) is 11.1 Å². The van der Waals surface area contributed by atoms with Crippen LogP contribution in [0.2, 0.25) is 0 Å². The predicted molar refractivity (Wildman–Crippen MR) is 125 cm³/mol. The number of hydrogen-bond acceptors (Lipinski definition) is 5. The summed E-state index contributed by atoms with van der Waals surface area (Å²) in [6, 6.07) is 15.1. The summed E-state index contributed by atoms with van der Waals surface area (Å²) in [6.45, 7) is 2.99. The molecule has 9 heteroatoms. The fourth-order valence-electron chi connectivity index (χ4n) is 4.01. The van der Waals surface area contributed by atoms with Crippen LogP contribution in [0.1, 0.15) is 37.3 Å². The van der Waals surface area contributed by atoms with Gasteiger partial charge in [0.05, 0.1) is 6.54 Å². The van der Waals surface area contributed by atoms with Gasteiger partial charge in [0.1, 0.15) is 19.2 Å². The summed E-state index contributed by atoms with van der Waals surface area (Å²) >= 11 is 0. The average molecular weight is 468 g/mol. The Bertz CT molecular complexity index is 1020. The molecule has 34 heavy (non-hydrogen) atoms. The maximum absolute atomic E-state index is 12.6. The molecule has 180 valence electrons. The molecule has 1 atom stereocenters. The van der Waals surface area contributed by atoms with E-state index in [1.807, 2.05) is 62.4 Å². The van der Waals surface area contributed by atoms with Gasteiger partial charge in [-0.1, -0.05) is 62.4 Å². The van der Waals surface area contributed by atoms with E-state index in [1.165, 1.54) is 0 Å². The number of hydrogen-bond donors (Lipinski definition) is 4. The lowest BCUT2D eigenvalue weighted by molar-refractivity contribution is -0.137. The minimum atomic E-state index is -1.19. The normalized spacial score (nSPS) is 12.9. The number of carbonyl (C=O) groups excluding carboxylic acids is 3. The van der Waals surface area contributed by atoms with Crippen molar-refractivity contribution in [1.29, 1.82) is 0 Å². The van der Waals surface area contributed by atoms with E-state index in [0.717, 1.165) is 22.3 Å².